The molecule has 0 saturated heterocycles. The highest BCUT2D eigenvalue weighted by atomic mass is 33.1. The lowest BCUT2D eigenvalue weighted by Crippen LogP contribution is -2.45. The monoisotopic (exact) mass is 297 g/mol. The van der Waals surface area contributed by atoms with Gasteiger partial charge in [0, 0.05) is 5.75 Å². The fourth-order valence-corrected chi connectivity index (χ4v) is 2.65. The van der Waals surface area contributed by atoms with Crippen molar-refractivity contribution in [3.8, 4) is 0 Å². The molecule has 0 saturated carbocycles. The summed E-state index contributed by atoms with van der Waals surface area (Å²) in [6.07, 6.45) is 0. The Bertz CT molecular complexity index is 346. The van der Waals surface area contributed by atoms with Crippen LogP contribution in [0.25, 0.3) is 0 Å². The van der Waals surface area contributed by atoms with Crippen LogP contribution >= 0.6 is 21.6 Å². The summed E-state index contributed by atoms with van der Waals surface area (Å²) < 4.78 is 4.36. The molecule has 0 unspecified atom stereocenters. The van der Waals surface area contributed by atoms with Crippen molar-refractivity contribution >= 4 is 45.4 Å². The van der Waals surface area contributed by atoms with Crippen molar-refractivity contribution in [1.29, 1.82) is 0 Å². The van der Waals surface area contributed by atoms with Crippen LogP contribution in [0.3, 0.4) is 0 Å². The van der Waals surface area contributed by atoms with Crippen molar-refractivity contribution < 1.29 is 34.1 Å². The molecule has 102 valence electrons. The summed E-state index contributed by atoms with van der Waals surface area (Å²) in [5.74, 6) is -5.00. The number of carboxylic acids is 2. The van der Waals surface area contributed by atoms with Gasteiger partial charge in [-0.05, 0) is 0 Å². The van der Waals surface area contributed by atoms with E-state index in [4.69, 9.17) is 10.2 Å². The topological polar surface area (TPSA) is 130 Å². The van der Waals surface area contributed by atoms with Gasteiger partial charge in [0.05, 0.1) is 7.11 Å². The first-order valence-corrected chi connectivity index (χ1v) is 6.95. The summed E-state index contributed by atoms with van der Waals surface area (Å²) in [5, 5.41) is 18.9. The minimum absolute atomic E-state index is 0.0282. The lowest BCUT2D eigenvalue weighted by atomic mass is 10.3. The number of amides is 1. The summed E-state index contributed by atoms with van der Waals surface area (Å²) >= 11 is 0. The van der Waals surface area contributed by atoms with E-state index in [1.807, 2.05) is 5.32 Å². The average molecular weight is 297 g/mol. The van der Waals surface area contributed by atoms with E-state index in [1.54, 1.807) is 0 Å². The Morgan fingerprint density at radius 3 is 2.28 bits per heavy atom. The van der Waals surface area contributed by atoms with Crippen molar-refractivity contribution in [1.82, 2.24) is 5.32 Å². The number of esters is 1. The fourth-order valence-electron chi connectivity index (χ4n) is 0.660. The van der Waals surface area contributed by atoms with E-state index < -0.39 is 29.9 Å². The van der Waals surface area contributed by atoms with Crippen LogP contribution in [-0.2, 0) is 23.9 Å². The largest absolute Gasteiger partial charge is 0.480 e. The third-order valence-corrected chi connectivity index (χ3v) is 3.77. The summed E-state index contributed by atoms with van der Waals surface area (Å²) in [7, 11) is 3.28. The number of carbonyl (C=O) groups excluding carboxylic acids is 2. The van der Waals surface area contributed by atoms with Crippen molar-refractivity contribution in [2.24, 2.45) is 0 Å². The second-order valence-electron chi connectivity index (χ2n) is 2.79. The van der Waals surface area contributed by atoms with Gasteiger partial charge in [0.1, 0.15) is 11.8 Å². The van der Waals surface area contributed by atoms with Gasteiger partial charge in [-0.2, -0.15) is 0 Å². The van der Waals surface area contributed by atoms with E-state index in [2.05, 4.69) is 4.74 Å². The standard InChI is InChI=1S/C8H11NO7S2/c1-16-5(10)3-18-17-2-4(7(12)13)9-6(11)8(14)15/h4H,2-3H2,1H3,(H,9,11)(H,12,13)(H,14,15)/t4-/m0/s1. The predicted octanol–water partition coefficient (Wildman–Crippen LogP) is -0.805. The number of hydrogen-bond donors (Lipinski definition) is 3. The number of nitrogens with one attached hydrogen (secondary N) is 1. The van der Waals surface area contributed by atoms with Gasteiger partial charge in [0.15, 0.2) is 0 Å². The van der Waals surface area contributed by atoms with Gasteiger partial charge in [0.2, 0.25) is 0 Å². The Kier molecular flexibility index (Phi) is 7.96. The van der Waals surface area contributed by atoms with E-state index in [9.17, 15) is 19.2 Å². The predicted molar refractivity (Wildman–Crippen MR) is 64.1 cm³/mol. The zero-order chi connectivity index (χ0) is 14.1. The number of methoxy groups -OCH3 is 1. The molecule has 0 fully saturated rings. The molecule has 1 atom stereocenters. The maximum Gasteiger partial charge on any atom is 0.394 e. The molecular weight excluding hydrogens is 286 g/mol. The molecule has 0 rings (SSSR count). The second-order valence-corrected chi connectivity index (χ2v) is 5.30. The number of aliphatic carboxylic acids is 2. The smallest absolute Gasteiger partial charge is 0.394 e. The summed E-state index contributed by atoms with van der Waals surface area (Å²) in [4.78, 5) is 42.5. The summed E-state index contributed by atoms with van der Waals surface area (Å²) in [6, 6.07) is -1.33. The first kappa shape index (κ1) is 16.6. The molecular formula is C8H11NO7S2. The lowest BCUT2D eigenvalue weighted by molar-refractivity contribution is -0.151. The molecule has 0 aliphatic rings. The molecule has 3 N–H and O–H groups in total. The summed E-state index contributed by atoms with van der Waals surface area (Å²) in [6.45, 7) is 0. The van der Waals surface area contributed by atoms with Crippen molar-refractivity contribution in [2.75, 3.05) is 18.6 Å². The molecule has 0 radical (unpaired) electrons. The van der Waals surface area contributed by atoms with Crippen LogP contribution in [0.15, 0.2) is 0 Å². The van der Waals surface area contributed by atoms with E-state index in [-0.39, 0.29) is 11.5 Å². The van der Waals surface area contributed by atoms with E-state index in [0.717, 1.165) is 21.6 Å². The maximum atomic E-state index is 10.8. The zero-order valence-corrected chi connectivity index (χ0v) is 10.9. The highest BCUT2D eigenvalue weighted by molar-refractivity contribution is 8.76. The minimum atomic E-state index is -1.76. The van der Waals surface area contributed by atoms with Crippen molar-refractivity contribution in [3.05, 3.63) is 0 Å². The molecule has 0 aliphatic carbocycles. The van der Waals surface area contributed by atoms with E-state index >= 15 is 0 Å². The first-order valence-electron chi connectivity index (χ1n) is 4.46. The Morgan fingerprint density at radius 2 is 1.83 bits per heavy atom. The van der Waals surface area contributed by atoms with Crippen molar-refractivity contribution in [2.45, 2.75) is 6.04 Å². The molecule has 8 nitrogen and oxygen atoms in total. The van der Waals surface area contributed by atoms with Gasteiger partial charge in [-0.15, -0.1) is 0 Å². The summed E-state index contributed by atoms with van der Waals surface area (Å²) in [5.41, 5.74) is 0. The molecule has 0 aromatic carbocycles. The van der Waals surface area contributed by atoms with Gasteiger partial charge < -0.3 is 20.3 Å². The van der Waals surface area contributed by atoms with Crippen molar-refractivity contribution in [3.63, 3.8) is 0 Å². The van der Waals surface area contributed by atoms with Gasteiger partial charge in [-0.1, -0.05) is 21.6 Å². The number of hydrogen-bond acceptors (Lipinski definition) is 7. The Morgan fingerprint density at radius 1 is 1.22 bits per heavy atom. The fraction of sp³-hybridized carbons (Fsp3) is 0.500. The second kappa shape index (κ2) is 8.64. The third-order valence-electron chi connectivity index (χ3n) is 1.52. The normalized spacial score (nSPS) is 11.4. The quantitative estimate of drug-likeness (QED) is 0.239. The number of carbonyl (C=O) groups is 4. The highest BCUT2D eigenvalue weighted by Crippen LogP contribution is 2.22. The lowest BCUT2D eigenvalue weighted by Gasteiger charge is -2.11. The highest BCUT2D eigenvalue weighted by Gasteiger charge is 2.23. The first-order chi connectivity index (χ1) is 8.38. The van der Waals surface area contributed by atoms with Crippen LogP contribution in [0.4, 0.5) is 0 Å². The van der Waals surface area contributed by atoms with E-state index in [1.165, 1.54) is 7.11 Å². The molecule has 0 aliphatic heterocycles. The Hall–Kier alpha value is -1.42. The van der Waals surface area contributed by atoms with Gasteiger partial charge in [0.25, 0.3) is 0 Å². The molecule has 0 bridgehead atoms. The molecule has 0 heterocycles. The molecule has 0 spiro atoms. The zero-order valence-electron chi connectivity index (χ0n) is 9.24. The van der Waals surface area contributed by atoms with Crippen LogP contribution in [0.2, 0.25) is 0 Å². The van der Waals surface area contributed by atoms with Crippen LogP contribution < -0.4 is 5.32 Å². The molecule has 1 amide bonds. The van der Waals surface area contributed by atoms with Crippen LogP contribution in [0.1, 0.15) is 0 Å². The number of carboxylic acid groups (broad SMARTS) is 2. The van der Waals surface area contributed by atoms with Crippen LogP contribution in [0, 0.1) is 0 Å². The third kappa shape index (κ3) is 7.01. The molecule has 0 aromatic rings. The van der Waals surface area contributed by atoms with Crippen LogP contribution in [0.5, 0.6) is 0 Å². The number of rotatable bonds is 7. The van der Waals surface area contributed by atoms with Gasteiger partial charge in [-0.25, -0.2) is 9.59 Å². The maximum absolute atomic E-state index is 10.8. The Balaban J connectivity index is 4.06. The van der Waals surface area contributed by atoms with Crippen LogP contribution in [-0.4, -0.2) is 58.7 Å². The average Bonchev–Trinajstić information content (AvgIpc) is 2.31. The van der Waals surface area contributed by atoms with Gasteiger partial charge in [-0.3, -0.25) is 9.59 Å². The van der Waals surface area contributed by atoms with Gasteiger partial charge >= 0.3 is 23.8 Å². The Labute approximate surface area is 110 Å². The number of ether oxygens (including phenoxy) is 1. The molecule has 18 heavy (non-hydrogen) atoms. The molecule has 10 heteroatoms. The minimum Gasteiger partial charge on any atom is -0.480 e. The SMILES string of the molecule is COC(=O)CSSC[C@H](NC(=O)C(=O)O)C(=O)O. The molecule has 0 aromatic heterocycles. The van der Waals surface area contributed by atoms with E-state index in [0.29, 0.717) is 0 Å².